The van der Waals surface area contributed by atoms with E-state index in [1.165, 1.54) is 6.42 Å². The molecule has 0 bridgehead atoms. The van der Waals surface area contributed by atoms with E-state index in [1.807, 2.05) is 6.07 Å². The second-order valence-corrected chi connectivity index (χ2v) is 6.85. The Hall–Kier alpha value is -0.580. The summed E-state index contributed by atoms with van der Waals surface area (Å²) in [5.41, 5.74) is 7.48. The first-order valence-electron chi connectivity index (χ1n) is 7.01. The minimum Gasteiger partial charge on any atom is -0.487 e. The van der Waals surface area contributed by atoms with Crippen LogP contribution in [0.3, 0.4) is 0 Å². The number of hydrogen-bond acceptors (Lipinski definition) is 3. The van der Waals surface area contributed by atoms with Gasteiger partial charge in [-0.2, -0.15) is 0 Å². The van der Waals surface area contributed by atoms with Crippen LogP contribution in [-0.4, -0.2) is 30.6 Å². The molecule has 1 aromatic carbocycles. The summed E-state index contributed by atoms with van der Waals surface area (Å²) in [4.78, 5) is 2.39. The van der Waals surface area contributed by atoms with Crippen molar-refractivity contribution < 1.29 is 4.74 Å². The van der Waals surface area contributed by atoms with E-state index in [0.717, 1.165) is 48.1 Å². The van der Waals surface area contributed by atoms with Crippen LogP contribution in [0.2, 0.25) is 0 Å². The van der Waals surface area contributed by atoms with Gasteiger partial charge in [0.05, 0.1) is 0 Å². The third kappa shape index (κ3) is 2.67. The lowest BCUT2D eigenvalue weighted by Gasteiger charge is -2.41. The molecule has 0 aliphatic carbocycles. The number of nitrogens with zero attached hydrogens (tertiary/aromatic N) is 1. The summed E-state index contributed by atoms with van der Waals surface area (Å²) in [5, 5.41) is 0. The van der Waals surface area contributed by atoms with Crippen LogP contribution in [0.5, 0.6) is 5.75 Å². The third-order valence-corrected chi connectivity index (χ3v) is 4.90. The molecule has 3 nitrogen and oxygen atoms in total. The quantitative estimate of drug-likeness (QED) is 0.797. The van der Waals surface area contributed by atoms with E-state index in [2.05, 4.69) is 40.0 Å². The van der Waals surface area contributed by atoms with Crippen molar-refractivity contribution in [1.82, 2.24) is 4.90 Å². The first-order valence-corrected chi connectivity index (χ1v) is 7.80. The minimum absolute atomic E-state index is 0.0506. The number of likely N-dealkylation sites (tertiary alicyclic amines) is 1. The van der Waals surface area contributed by atoms with Crippen LogP contribution in [0.25, 0.3) is 0 Å². The monoisotopic (exact) mass is 324 g/mol. The van der Waals surface area contributed by atoms with E-state index in [0.29, 0.717) is 0 Å². The summed E-state index contributed by atoms with van der Waals surface area (Å²) >= 11 is 3.51. The summed E-state index contributed by atoms with van der Waals surface area (Å²) in [6.07, 6.45) is 4.31. The number of fused-ring (bicyclic) bond motifs is 1. The van der Waals surface area contributed by atoms with Gasteiger partial charge in [-0.3, -0.25) is 0 Å². The molecule has 0 radical (unpaired) electrons. The Morgan fingerprint density at radius 2 is 2.21 bits per heavy atom. The molecule has 1 fully saturated rings. The molecule has 104 valence electrons. The van der Waals surface area contributed by atoms with Gasteiger partial charge in [0.1, 0.15) is 11.4 Å². The Morgan fingerprint density at radius 1 is 1.37 bits per heavy atom. The highest BCUT2D eigenvalue weighted by atomic mass is 79.9. The number of ether oxygens (including phenoxy) is 1. The molecule has 2 unspecified atom stereocenters. The van der Waals surface area contributed by atoms with Crippen LogP contribution < -0.4 is 10.5 Å². The van der Waals surface area contributed by atoms with Crippen molar-refractivity contribution in [3.05, 3.63) is 28.2 Å². The highest BCUT2D eigenvalue weighted by molar-refractivity contribution is 9.10. The highest BCUT2D eigenvalue weighted by Crippen LogP contribution is 2.43. The van der Waals surface area contributed by atoms with Crippen LogP contribution in [0, 0.1) is 0 Å². The molecule has 2 aliphatic rings. The zero-order chi connectivity index (χ0) is 13.5. The molecule has 4 heteroatoms. The van der Waals surface area contributed by atoms with E-state index < -0.39 is 0 Å². The highest BCUT2D eigenvalue weighted by Gasteiger charge is 2.40. The number of benzene rings is 1. The van der Waals surface area contributed by atoms with Gasteiger partial charge in [0.15, 0.2) is 0 Å². The Bertz CT molecular complexity index is 479. The van der Waals surface area contributed by atoms with Gasteiger partial charge in [-0.1, -0.05) is 15.9 Å². The molecule has 2 N–H and O–H groups in total. The Morgan fingerprint density at radius 3 is 3.05 bits per heavy atom. The van der Waals surface area contributed by atoms with Crippen LogP contribution in [0.1, 0.15) is 37.3 Å². The summed E-state index contributed by atoms with van der Waals surface area (Å²) < 4.78 is 7.46. The number of rotatable bonds is 0. The molecule has 1 spiro atoms. The maximum Gasteiger partial charge on any atom is 0.124 e. The molecule has 0 amide bonds. The average molecular weight is 325 g/mol. The van der Waals surface area contributed by atoms with Gasteiger partial charge in [-0.15, -0.1) is 0 Å². The molecule has 2 atom stereocenters. The van der Waals surface area contributed by atoms with Crippen LogP contribution in [-0.2, 0) is 0 Å². The maximum atomic E-state index is 6.39. The van der Waals surface area contributed by atoms with Crippen molar-refractivity contribution in [2.75, 3.05) is 20.1 Å². The van der Waals surface area contributed by atoms with E-state index >= 15 is 0 Å². The fraction of sp³-hybridized carbons (Fsp3) is 0.600. The smallest absolute Gasteiger partial charge is 0.124 e. The van der Waals surface area contributed by atoms with Gasteiger partial charge >= 0.3 is 0 Å². The summed E-state index contributed by atoms with van der Waals surface area (Å²) in [6.45, 7) is 2.26. The number of halogens is 1. The van der Waals surface area contributed by atoms with Crippen molar-refractivity contribution in [2.24, 2.45) is 5.73 Å². The van der Waals surface area contributed by atoms with E-state index in [4.69, 9.17) is 10.5 Å². The van der Waals surface area contributed by atoms with Crippen molar-refractivity contribution in [3.63, 3.8) is 0 Å². The molecule has 19 heavy (non-hydrogen) atoms. The minimum atomic E-state index is -0.0506. The molecule has 1 aromatic rings. The van der Waals surface area contributed by atoms with Gasteiger partial charge in [-0.25, -0.2) is 0 Å². The third-order valence-electron chi connectivity index (χ3n) is 4.41. The van der Waals surface area contributed by atoms with E-state index in [1.54, 1.807) is 0 Å². The lowest BCUT2D eigenvalue weighted by Crippen LogP contribution is -2.43. The number of nitrogens with two attached hydrogens (primary N) is 1. The first-order chi connectivity index (χ1) is 9.08. The largest absolute Gasteiger partial charge is 0.487 e. The summed E-state index contributed by atoms with van der Waals surface area (Å²) in [7, 11) is 2.19. The van der Waals surface area contributed by atoms with Gasteiger partial charge in [0.2, 0.25) is 0 Å². The predicted octanol–water partition coefficient (Wildman–Crippen LogP) is 3.09. The molecule has 0 saturated carbocycles. The van der Waals surface area contributed by atoms with Gasteiger partial charge in [0.25, 0.3) is 0 Å². The zero-order valence-electron chi connectivity index (χ0n) is 11.4. The van der Waals surface area contributed by atoms with Crippen molar-refractivity contribution in [3.8, 4) is 5.75 Å². The molecular formula is C15H21BrN2O. The van der Waals surface area contributed by atoms with Gasteiger partial charge < -0.3 is 15.4 Å². The maximum absolute atomic E-state index is 6.39. The predicted molar refractivity (Wildman–Crippen MR) is 80.4 cm³/mol. The SMILES string of the molecule is CN1CCCC2(CC1)CC(N)c1cc(Br)ccc1O2. The second-order valence-electron chi connectivity index (χ2n) is 5.93. The van der Waals surface area contributed by atoms with Crippen molar-refractivity contribution in [1.29, 1.82) is 0 Å². The van der Waals surface area contributed by atoms with Gasteiger partial charge in [0, 0.05) is 29.0 Å². The molecular weight excluding hydrogens is 304 g/mol. The van der Waals surface area contributed by atoms with E-state index in [9.17, 15) is 0 Å². The van der Waals surface area contributed by atoms with Crippen molar-refractivity contribution >= 4 is 15.9 Å². The van der Waals surface area contributed by atoms with Crippen molar-refractivity contribution in [2.45, 2.75) is 37.3 Å². The van der Waals surface area contributed by atoms with Gasteiger partial charge in [-0.05, 0) is 51.1 Å². The summed E-state index contributed by atoms with van der Waals surface area (Å²) in [5.74, 6) is 0.978. The normalized spacial score (nSPS) is 31.6. The lowest BCUT2D eigenvalue weighted by atomic mass is 9.82. The Balaban J connectivity index is 1.89. The number of hydrogen-bond donors (Lipinski definition) is 1. The second kappa shape index (κ2) is 5.08. The lowest BCUT2D eigenvalue weighted by molar-refractivity contribution is 0.0223. The summed E-state index contributed by atoms with van der Waals surface area (Å²) in [6, 6.07) is 6.27. The first kappa shape index (κ1) is 13.4. The topological polar surface area (TPSA) is 38.5 Å². The van der Waals surface area contributed by atoms with Crippen LogP contribution in [0.15, 0.2) is 22.7 Å². The Kier molecular flexibility index (Phi) is 3.58. The molecule has 2 heterocycles. The molecule has 0 aromatic heterocycles. The zero-order valence-corrected chi connectivity index (χ0v) is 12.9. The molecule has 3 rings (SSSR count). The fourth-order valence-electron chi connectivity index (χ4n) is 3.30. The van der Waals surface area contributed by atoms with Crippen LogP contribution in [0.4, 0.5) is 0 Å². The fourth-order valence-corrected chi connectivity index (χ4v) is 3.68. The average Bonchev–Trinajstić information content (AvgIpc) is 2.54. The molecule has 2 aliphatic heterocycles. The Labute approximate surface area is 123 Å². The van der Waals surface area contributed by atoms with Crippen LogP contribution >= 0.6 is 15.9 Å². The van der Waals surface area contributed by atoms with E-state index in [-0.39, 0.29) is 11.6 Å². The standard InChI is InChI=1S/C15H21BrN2O/c1-18-7-2-5-15(6-8-18)10-13(17)12-9-11(16)3-4-14(12)19-15/h3-4,9,13H,2,5-8,10,17H2,1H3. The molecule has 1 saturated heterocycles.